The second-order valence-corrected chi connectivity index (χ2v) is 6.96. The second-order valence-electron chi connectivity index (χ2n) is 5.22. The Balaban J connectivity index is 2.33. The minimum absolute atomic E-state index is 0.0394. The summed E-state index contributed by atoms with van der Waals surface area (Å²) < 4.78 is 27.4. The van der Waals surface area contributed by atoms with Gasteiger partial charge >= 0.3 is 0 Å². The van der Waals surface area contributed by atoms with Crippen LogP contribution in [0, 0.1) is 19.8 Å². The number of benzene rings is 1. The van der Waals surface area contributed by atoms with Gasteiger partial charge in [-0.25, -0.2) is 13.6 Å². The van der Waals surface area contributed by atoms with Gasteiger partial charge in [0.1, 0.15) is 5.75 Å². The maximum Gasteiger partial charge on any atom is 0.209 e. The zero-order valence-electron chi connectivity index (χ0n) is 11.8. The Labute approximate surface area is 116 Å². The topological polar surface area (TPSA) is 69.4 Å². The van der Waals surface area contributed by atoms with E-state index in [4.69, 9.17) is 9.88 Å². The molecule has 0 aliphatic rings. The number of aryl methyl sites for hydroxylation is 2. The minimum Gasteiger partial charge on any atom is -0.494 e. The van der Waals surface area contributed by atoms with Gasteiger partial charge in [-0.3, -0.25) is 0 Å². The molecule has 0 amide bonds. The van der Waals surface area contributed by atoms with Gasteiger partial charge in [-0.15, -0.1) is 0 Å². The molecule has 5 heteroatoms. The van der Waals surface area contributed by atoms with Crippen LogP contribution in [0.5, 0.6) is 5.75 Å². The first kappa shape index (κ1) is 16.0. The van der Waals surface area contributed by atoms with Crippen molar-refractivity contribution in [1.29, 1.82) is 0 Å². The van der Waals surface area contributed by atoms with Crippen molar-refractivity contribution in [2.45, 2.75) is 33.6 Å². The molecule has 1 aromatic carbocycles. The Morgan fingerprint density at radius 2 is 1.74 bits per heavy atom. The molecule has 0 heterocycles. The van der Waals surface area contributed by atoms with Crippen LogP contribution in [0.1, 0.15) is 30.9 Å². The Kier molecular flexibility index (Phi) is 5.82. The average Bonchev–Trinajstić information content (AvgIpc) is 2.24. The van der Waals surface area contributed by atoms with Gasteiger partial charge < -0.3 is 4.74 Å². The molecule has 2 N–H and O–H groups in total. The minimum atomic E-state index is -3.35. The SMILES string of the molecule is Cc1cc(C)cc(OCCC(C)CCS(N)(=O)=O)c1. The molecule has 4 nitrogen and oxygen atoms in total. The van der Waals surface area contributed by atoms with Crippen LogP contribution in [0.15, 0.2) is 18.2 Å². The smallest absolute Gasteiger partial charge is 0.209 e. The highest BCUT2D eigenvalue weighted by Gasteiger charge is 2.08. The molecule has 1 atom stereocenters. The van der Waals surface area contributed by atoms with E-state index in [1.165, 1.54) is 11.1 Å². The quantitative estimate of drug-likeness (QED) is 0.836. The first-order valence-electron chi connectivity index (χ1n) is 6.48. The zero-order valence-corrected chi connectivity index (χ0v) is 12.7. The molecule has 0 aliphatic heterocycles. The van der Waals surface area contributed by atoms with Crippen molar-refractivity contribution in [2.24, 2.45) is 11.1 Å². The van der Waals surface area contributed by atoms with Crippen LogP contribution in [0.4, 0.5) is 0 Å². The van der Waals surface area contributed by atoms with Crippen LogP contribution in [0.2, 0.25) is 0 Å². The number of primary sulfonamides is 1. The van der Waals surface area contributed by atoms with Gasteiger partial charge in [0, 0.05) is 0 Å². The first-order valence-corrected chi connectivity index (χ1v) is 8.19. The summed E-state index contributed by atoms with van der Waals surface area (Å²) >= 11 is 0. The van der Waals surface area contributed by atoms with Crippen molar-refractivity contribution in [3.8, 4) is 5.75 Å². The monoisotopic (exact) mass is 285 g/mol. The summed E-state index contributed by atoms with van der Waals surface area (Å²) in [5.41, 5.74) is 2.36. The summed E-state index contributed by atoms with van der Waals surface area (Å²) in [5, 5.41) is 4.98. The van der Waals surface area contributed by atoms with Crippen molar-refractivity contribution in [3.05, 3.63) is 29.3 Å². The largest absolute Gasteiger partial charge is 0.494 e. The average molecular weight is 285 g/mol. The van der Waals surface area contributed by atoms with E-state index in [9.17, 15) is 8.42 Å². The molecule has 0 aromatic heterocycles. The number of hydrogen-bond acceptors (Lipinski definition) is 3. The molecule has 0 radical (unpaired) electrons. The van der Waals surface area contributed by atoms with Gasteiger partial charge in [-0.2, -0.15) is 0 Å². The lowest BCUT2D eigenvalue weighted by atomic mass is 10.1. The molecule has 0 spiro atoms. The zero-order chi connectivity index (χ0) is 14.5. The van der Waals surface area contributed by atoms with Crippen LogP contribution >= 0.6 is 0 Å². The van der Waals surface area contributed by atoms with E-state index in [0.717, 1.165) is 12.2 Å². The van der Waals surface area contributed by atoms with E-state index in [0.29, 0.717) is 13.0 Å². The van der Waals surface area contributed by atoms with E-state index >= 15 is 0 Å². The molecule has 0 aliphatic carbocycles. The van der Waals surface area contributed by atoms with Crippen LogP contribution in [-0.2, 0) is 10.0 Å². The number of sulfonamides is 1. The van der Waals surface area contributed by atoms with Gasteiger partial charge in [0.05, 0.1) is 12.4 Å². The van der Waals surface area contributed by atoms with Crippen LogP contribution in [0.3, 0.4) is 0 Å². The molecule has 0 saturated carbocycles. The normalized spacial score (nSPS) is 13.3. The molecule has 0 bridgehead atoms. The number of ether oxygens (including phenoxy) is 1. The maximum atomic E-state index is 10.9. The molecular weight excluding hydrogens is 262 g/mol. The van der Waals surface area contributed by atoms with Crippen molar-refractivity contribution in [1.82, 2.24) is 0 Å². The lowest BCUT2D eigenvalue weighted by molar-refractivity contribution is 0.281. The Morgan fingerprint density at radius 1 is 1.16 bits per heavy atom. The molecule has 1 rings (SSSR count). The third-order valence-electron chi connectivity index (χ3n) is 2.97. The van der Waals surface area contributed by atoms with E-state index in [1.807, 2.05) is 32.9 Å². The fraction of sp³-hybridized carbons (Fsp3) is 0.571. The fourth-order valence-corrected chi connectivity index (χ4v) is 2.63. The van der Waals surface area contributed by atoms with Crippen LogP contribution < -0.4 is 9.88 Å². The summed E-state index contributed by atoms with van der Waals surface area (Å²) in [6, 6.07) is 6.10. The van der Waals surface area contributed by atoms with Gasteiger partial charge in [-0.1, -0.05) is 13.0 Å². The summed E-state index contributed by atoms with van der Waals surface area (Å²) in [6.45, 7) is 6.67. The van der Waals surface area contributed by atoms with Gasteiger partial charge in [-0.05, 0) is 55.9 Å². The molecule has 19 heavy (non-hydrogen) atoms. The second kappa shape index (κ2) is 6.91. The van der Waals surface area contributed by atoms with Crippen molar-refractivity contribution in [3.63, 3.8) is 0 Å². The van der Waals surface area contributed by atoms with E-state index in [-0.39, 0.29) is 11.7 Å². The molecule has 108 valence electrons. The highest BCUT2D eigenvalue weighted by Crippen LogP contribution is 2.17. The predicted molar refractivity (Wildman–Crippen MR) is 77.8 cm³/mol. The van der Waals surface area contributed by atoms with Gasteiger partial charge in [0.15, 0.2) is 0 Å². The van der Waals surface area contributed by atoms with Gasteiger partial charge in [0.25, 0.3) is 0 Å². The fourth-order valence-electron chi connectivity index (χ4n) is 1.90. The Bertz CT molecular complexity index is 491. The van der Waals surface area contributed by atoms with Crippen LogP contribution in [-0.4, -0.2) is 20.8 Å². The van der Waals surface area contributed by atoms with Crippen molar-refractivity contribution >= 4 is 10.0 Å². The first-order chi connectivity index (χ1) is 8.76. The van der Waals surface area contributed by atoms with E-state index in [2.05, 4.69) is 6.07 Å². The number of hydrogen-bond donors (Lipinski definition) is 1. The lowest BCUT2D eigenvalue weighted by Crippen LogP contribution is -2.18. The van der Waals surface area contributed by atoms with E-state index < -0.39 is 10.0 Å². The summed E-state index contributed by atoms with van der Waals surface area (Å²) in [4.78, 5) is 0. The third kappa shape index (κ3) is 7.18. The molecule has 1 unspecified atom stereocenters. The number of rotatable bonds is 7. The maximum absolute atomic E-state index is 10.9. The highest BCUT2D eigenvalue weighted by atomic mass is 32.2. The Hall–Kier alpha value is -1.07. The number of nitrogens with two attached hydrogens (primary N) is 1. The third-order valence-corrected chi connectivity index (χ3v) is 3.77. The molecular formula is C14H23NO3S. The predicted octanol–water partition coefficient (Wildman–Crippen LogP) is 2.39. The summed E-state index contributed by atoms with van der Waals surface area (Å²) in [7, 11) is -3.35. The standard InChI is InChI=1S/C14H23NO3S/c1-11(5-7-19(15,16)17)4-6-18-14-9-12(2)8-13(3)10-14/h8-11H,4-7H2,1-3H3,(H2,15,16,17). The molecule has 0 fully saturated rings. The highest BCUT2D eigenvalue weighted by molar-refractivity contribution is 7.89. The summed E-state index contributed by atoms with van der Waals surface area (Å²) in [5.74, 6) is 1.19. The van der Waals surface area contributed by atoms with Crippen molar-refractivity contribution < 1.29 is 13.2 Å². The van der Waals surface area contributed by atoms with Gasteiger partial charge in [0.2, 0.25) is 10.0 Å². The Morgan fingerprint density at radius 3 is 2.26 bits per heavy atom. The van der Waals surface area contributed by atoms with Crippen molar-refractivity contribution in [2.75, 3.05) is 12.4 Å². The summed E-state index contributed by atoms with van der Waals surface area (Å²) in [6.07, 6.45) is 1.40. The molecule has 1 aromatic rings. The molecule has 0 saturated heterocycles. The lowest BCUT2D eigenvalue weighted by Gasteiger charge is -2.12. The van der Waals surface area contributed by atoms with E-state index in [1.54, 1.807) is 0 Å². The van der Waals surface area contributed by atoms with Crippen LogP contribution in [0.25, 0.3) is 0 Å².